The average molecular weight is 294 g/mol. The highest BCUT2D eigenvalue weighted by Crippen LogP contribution is 2.36. The molecule has 0 bridgehead atoms. The summed E-state index contributed by atoms with van der Waals surface area (Å²) < 4.78 is 17.3. The monoisotopic (exact) mass is 294 g/mol. The molecule has 18 heavy (non-hydrogen) atoms. The van der Waals surface area contributed by atoms with E-state index in [1.165, 1.54) is 0 Å². The number of rotatable bonds is 6. The Labute approximate surface area is 119 Å². The zero-order valence-electron chi connectivity index (χ0n) is 12.3. The predicted molar refractivity (Wildman–Crippen MR) is 80.1 cm³/mol. The number of hydrogen-bond acceptors (Lipinski definition) is 5. The molecule has 0 amide bonds. The molecule has 0 radical (unpaired) electrons. The third-order valence-electron chi connectivity index (χ3n) is 2.96. The maximum atomic E-state index is 5.98. The summed E-state index contributed by atoms with van der Waals surface area (Å²) in [6.45, 7) is 11.5. The van der Waals surface area contributed by atoms with Crippen molar-refractivity contribution in [3.8, 4) is 0 Å². The van der Waals surface area contributed by atoms with Crippen LogP contribution in [0.25, 0.3) is 0 Å². The highest BCUT2D eigenvalue weighted by Gasteiger charge is 2.40. The molecule has 1 heterocycles. The summed E-state index contributed by atoms with van der Waals surface area (Å²) in [5.74, 6) is 1.12. The van der Waals surface area contributed by atoms with Gasteiger partial charge in [-0.15, -0.1) is 0 Å². The topological polar surface area (TPSA) is 27.7 Å². The second-order valence-corrected chi connectivity index (χ2v) is 8.83. The molecule has 2 unspecified atom stereocenters. The second-order valence-electron chi connectivity index (χ2n) is 5.76. The molecule has 0 aromatic heterocycles. The molecule has 0 saturated carbocycles. The average Bonchev–Trinajstić information content (AvgIpc) is 2.50. The van der Waals surface area contributed by atoms with E-state index in [9.17, 15) is 0 Å². The van der Waals surface area contributed by atoms with Crippen LogP contribution in [-0.2, 0) is 14.2 Å². The molecule has 1 saturated heterocycles. The van der Waals surface area contributed by atoms with Gasteiger partial charge < -0.3 is 14.2 Å². The molecule has 108 valence electrons. The van der Waals surface area contributed by atoms with E-state index in [0.717, 1.165) is 0 Å². The molecule has 1 aliphatic heterocycles. The van der Waals surface area contributed by atoms with Crippen molar-refractivity contribution in [3.63, 3.8) is 0 Å². The molecule has 1 rings (SSSR count). The third-order valence-corrected chi connectivity index (χ3v) is 5.96. The normalized spacial score (nSPS) is 33.0. The molecular formula is C13H26O3S2. The second kappa shape index (κ2) is 7.39. The number of hydrogen-bond donors (Lipinski definition) is 0. The molecule has 0 aromatic rings. The van der Waals surface area contributed by atoms with Crippen molar-refractivity contribution in [2.75, 3.05) is 19.7 Å². The van der Waals surface area contributed by atoms with Crippen LogP contribution in [0, 0.1) is 5.92 Å². The van der Waals surface area contributed by atoms with Gasteiger partial charge in [0.25, 0.3) is 0 Å². The molecule has 3 nitrogen and oxygen atoms in total. The van der Waals surface area contributed by atoms with Gasteiger partial charge in [-0.1, -0.05) is 49.3 Å². The van der Waals surface area contributed by atoms with E-state index in [1.807, 2.05) is 10.8 Å². The molecule has 0 N–H and O–H groups in total. The van der Waals surface area contributed by atoms with Crippen molar-refractivity contribution < 1.29 is 14.2 Å². The third kappa shape index (κ3) is 5.29. The Kier molecular flexibility index (Phi) is 6.83. The lowest BCUT2D eigenvalue weighted by molar-refractivity contribution is -0.0440. The quantitative estimate of drug-likeness (QED) is 0.424. The lowest BCUT2D eigenvalue weighted by Crippen LogP contribution is -2.32. The molecule has 1 fully saturated rings. The van der Waals surface area contributed by atoms with Gasteiger partial charge in [-0.25, -0.2) is 0 Å². The summed E-state index contributed by atoms with van der Waals surface area (Å²) in [6, 6.07) is 0. The van der Waals surface area contributed by atoms with E-state index in [4.69, 9.17) is 14.2 Å². The molecular weight excluding hydrogens is 268 g/mol. The van der Waals surface area contributed by atoms with Crippen LogP contribution in [0.4, 0.5) is 0 Å². The van der Waals surface area contributed by atoms with Crippen LogP contribution in [0.1, 0.15) is 34.6 Å². The standard InChI is InChI=1S/C13H26O3S2/c1-9-10(2)16-11(7-14-6)12(9)15-8-17-18-13(3,4)5/h9-12H,7-8H2,1-6H3/t9?,10-,11+,12?/m0/s1. The lowest BCUT2D eigenvalue weighted by Gasteiger charge is -2.22. The van der Waals surface area contributed by atoms with Crippen molar-refractivity contribution in [1.29, 1.82) is 0 Å². The summed E-state index contributed by atoms with van der Waals surface area (Å²) in [7, 11) is 5.33. The van der Waals surface area contributed by atoms with E-state index in [0.29, 0.717) is 18.5 Å². The van der Waals surface area contributed by atoms with Crippen LogP contribution >= 0.6 is 21.6 Å². The predicted octanol–water partition coefficient (Wildman–Crippen LogP) is 3.58. The summed E-state index contributed by atoms with van der Waals surface area (Å²) >= 11 is 0. The van der Waals surface area contributed by atoms with Crippen molar-refractivity contribution in [1.82, 2.24) is 0 Å². The Hall–Kier alpha value is 0.580. The molecule has 5 heteroatoms. The first kappa shape index (κ1) is 16.6. The first-order valence-electron chi connectivity index (χ1n) is 6.42. The molecule has 0 aliphatic carbocycles. The minimum atomic E-state index is 0.0697. The van der Waals surface area contributed by atoms with Crippen molar-refractivity contribution >= 4 is 21.6 Å². The van der Waals surface area contributed by atoms with Crippen LogP contribution in [0.2, 0.25) is 0 Å². The van der Waals surface area contributed by atoms with Gasteiger partial charge in [0, 0.05) is 17.8 Å². The van der Waals surface area contributed by atoms with E-state index in [-0.39, 0.29) is 23.1 Å². The van der Waals surface area contributed by atoms with Gasteiger partial charge in [-0.05, 0) is 6.92 Å². The van der Waals surface area contributed by atoms with Gasteiger partial charge in [-0.3, -0.25) is 0 Å². The summed E-state index contributed by atoms with van der Waals surface area (Å²) in [4.78, 5) is 0. The van der Waals surface area contributed by atoms with Crippen LogP contribution in [0.3, 0.4) is 0 Å². The molecule has 0 spiro atoms. The maximum Gasteiger partial charge on any atom is 0.108 e. The fourth-order valence-electron chi connectivity index (χ4n) is 1.95. The highest BCUT2D eigenvalue weighted by molar-refractivity contribution is 8.77. The smallest absolute Gasteiger partial charge is 0.108 e. The van der Waals surface area contributed by atoms with Gasteiger partial charge in [0.05, 0.1) is 18.8 Å². The first-order chi connectivity index (χ1) is 8.35. The van der Waals surface area contributed by atoms with E-state index >= 15 is 0 Å². The Morgan fingerprint density at radius 3 is 2.44 bits per heavy atom. The van der Waals surface area contributed by atoms with Crippen LogP contribution in [0.15, 0.2) is 0 Å². The van der Waals surface area contributed by atoms with Crippen molar-refractivity contribution in [2.24, 2.45) is 5.92 Å². The fourth-order valence-corrected chi connectivity index (χ4v) is 3.93. The minimum Gasteiger partial charge on any atom is -0.382 e. The Balaban J connectivity index is 2.34. The Morgan fingerprint density at radius 2 is 1.89 bits per heavy atom. The van der Waals surface area contributed by atoms with E-state index < -0.39 is 0 Å². The van der Waals surface area contributed by atoms with E-state index in [1.54, 1.807) is 17.9 Å². The number of ether oxygens (including phenoxy) is 3. The van der Waals surface area contributed by atoms with Gasteiger partial charge in [0.2, 0.25) is 0 Å². The summed E-state index contributed by atoms with van der Waals surface area (Å²) in [5.41, 5.74) is 0. The van der Waals surface area contributed by atoms with Crippen LogP contribution in [-0.4, -0.2) is 42.7 Å². The van der Waals surface area contributed by atoms with Crippen LogP contribution < -0.4 is 0 Å². The largest absolute Gasteiger partial charge is 0.382 e. The van der Waals surface area contributed by atoms with E-state index in [2.05, 4.69) is 34.6 Å². The molecule has 0 aromatic carbocycles. The Bertz CT molecular complexity index is 243. The molecule has 1 aliphatic rings. The van der Waals surface area contributed by atoms with Gasteiger partial charge >= 0.3 is 0 Å². The summed E-state index contributed by atoms with van der Waals surface area (Å²) in [6.07, 6.45) is 0.462. The zero-order valence-corrected chi connectivity index (χ0v) is 13.9. The minimum absolute atomic E-state index is 0.0697. The maximum absolute atomic E-state index is 5.98. The van der Waals surface area contributed by atoms with Gasteiger partial charge in [0.1, 0.15) is 12.0 Å². The van der Waals surface area contributed by atoms with Crippen LogP contribution in [0.5, 0.6) is 0 Å². The SMILES string of the molecule is COC[C@H]1O[C@@H](C)C(C)C1OCSSC(C)(C)C. The van der Waals surface area contributed by atoms with Gasteiger partial charge in [-0.2, -0.15) is 0 Å². The van der Waals surface area contributed by atoms with Crippen molar-refractivity contribution in [3.05, 3.63) is 0 Å². The first-order valence-corrected chi connectivity index (χ1v) is 8.73. The highest BCUT2D eigenvalue weighted by atomic mass is 33.1. The molecule has 4 atom stereocenters. The summed E-state index contributed by atoms with van der Waals surface area (Å²) in [5, 5.41) is 0. The fraction of sp³-hybridized carbons (Fsp3) is 1.00. The van der Waals surface area contributed by atoms with Gasteiger partial charge in [0.15, 0.2) is 0 Å². The zero-order chi connectivity index (χ0) is 13.8. The lowest BCUT2D eigenvalue weighted by atomic mass is 9.99. The Morgan fingerprint density at radius 1 is 1.22 bits per heavy atom. The number of methoxy groups -OCH3 is 1. The van der Waals surface area contributed by atoms with Crippen molar-refractivity contribution in [2.45, 2.75) is 57.7 Å².